The summed E-state index contributed by atoms with van der Waals surface area (Å²) in [6.07, 6.45) is 1.38. The van der Waals surface area contributed by atoms with E-state index in [1.807, 2.05) is 0 Å². The van der Waals surface area contributed by atoms with Gasteiger partial charge in [0.05, 0.1) is 16.8 Å². The van der Waals surface area contributed by atoms with Gasteiger partial charge in [0.15, 0.2) is 23.3 Å². The summed E-state index contributed by atoms with van der Waals surface area (Å²) in [6.45, 7) is 4.81. The number of benzene rings is 2. The number of aryl methyl sites for hydroxylation is 1. The monoisotopic (exact) mass is 489 g/mol. The number of aromatic carboxylic acids is 1. The van der Waals surface area contributed by atoms with Crippen molar-refractivity contribution < 1.29 is 36.6 Å². The van der Waals surface area contributed by atoms with E-state index in [0.717, 1.165) is 0 Å². The number of carbonyl (C=O) groups is 2. The van der Waals surface area contributed by atoms with Crippen LogP contribution in [0.5, 0.6) is 0 Å². The molecule has 1 aliphatic heterocycles. The molecule has 2 heterocycles. The van der Waals surface area contributed by atoms with Crippen molar-refractivity contribution in [2.75, 3.05) is 5.01 Å². The molecule has 1 N–H and O–H groups in total. The summed E-state index contributed by atoms with van der Waals surface area (Å²) in [5.41, 5.74) is 0.829. The van der Waals surface area contributed by atoms with Crippen molar-refractivity contribution in [3.63, 3.8) is 0 Å². The molecule has 2 aromatic carbocycles. The molecular weight excluding hydrogens is 473 g/mol. The Hall–Kier alpha value is -4.28. The van der Waals surface area contributed by atoms with Crippen LogP contribution in [0.25, 0.3) is 11.8 Å². The second-order valence-electron chi connectivity index (χ2n) is 7.80. The van der Waals surface area contributed by atoms with Gasteiger partial charge >= 0.3 is 5.97 Å². The van der Waals surface area contributed by atoms with Crippen molar-refractivity contribution >= 4 is 29.4 Å². The second-order valence-corrected chi connectivity index (χ2v) is 7.80. The van der Waals surface area contributed by atoms with Gasteiger partial charge in [-0.05, 0) is 56.7 Å². The standard InChI is InChI=1S/C24H16F5N3O3/c1-10-7-14(12(3)31(10)15-6-4-5-13(8-15)24(34)35)9-16-11(2)30-32(23(16)33)22-20(28)18(26)17(25)19(27)21(22)29/h4-9H,1-3H3,(H,34,35)/b16-9+. The van der Waals surface area contributed by atoms with Crippen molar-refractivity contribution in [1.82, 2.24) is 4.57 Å². The van der Waals surface area contributed by atoms with Gasteiger partial charge in [-0.25, -0.2) is 26.7 Å². The van der Waals surface area contributed by atoms with Crippen molar-refractivity contribution in [2.24, 2.45) is 5.10 Å². The third kappa shape index (κ3) is 3.78. The molecule has 1 amide bonds. The summed E-state index contributed by atoms with van der Waals surface area (Å²) in [7, 11) is 0. The van der Waals surface area contributed by atoms with Crippen LogP contribution in [0.1, 0.15) is 34.2 Å². The summed E-state index contributed by atoms with van der Waals surface area (Å²) >= 11 is 0. The predicted octanol–water partition coefficient (Wildman–Crippen LogP) is 5.29. The van der Waals surface area contributed by atoms with Crippen LogP contribution in [-0.2, 0) is 4.79 Å². The molecule has 0 spiro atoms. The first-order valence-electron chi connectivity index (χ1n) is 10.1. The van der Waals surface area contributed by atoms with E-state index in [4.69, 9.17) is 0 Å². The molecule has 0 fully saturated rings. The summed E-state index contributed by atoms with van der Waals surface area (Å²) in [5.74, 6) is -13.3. The number of aromatic nitrogens is 1. The molecule has 0 saturated heterocycles. The topological polar surface area (TPSA) is 74.9 Å². The van der Waals surface area contributed by atoms with Crippen LogP contribution in [0, 0.1) is 42.9 Å². The van der Waals surface area contributed by atoms with E-state index in [1.165, 1.54) is 25.1 Å². The van der Waals surface area contributed by atoms with Gasteiger partial charge in [-0.1, -0.05) is 6.07 Å². The molecule has 3 aromatic rings. The Bertz CT molecular complexity index is 1460. The van der Waals surface area contributed by atoms with Gasteiger partial charge in [-0.15, -0.1) is 0 Å². The maximum Gasteiger partial charge on any atom is 0.335 e. The van der Waals surface area contributed by atoms with Gasteiger partial charge in [-0.3, -0.25) is 4.79 Å². The highest BCUT2D eigenvalue weighted by atomic mass is 19.2. The maximum absolute atomic E-state index is 14.3. The maximum atomic E-state index is 14.3. The third-order valence-corrected chi connectivity index (χ3v) is 5.58. The summed E-state index contributed by atoms with van der Waals surface area (Å²) < 4.78 is 71.0. The van der Waals surface area contributed by atoms with Crippen molar-refractivity contribution in [3.05, 3.63) is 87.5 Å². The number of hydrogen-bond donors (Lipinski definition) is 1. The van der Waals surface area contributed by atoms with E-state index < -0.39 is 46.6 Å². The minimum Gasteiger partial charge on any atom is -0.478 e. The Kier molecular flexibility index (Phi) is 5.79. The SMILES string of the molecule is CC1=NN(c2c(F)c(F)c(F)c(F)c2F)C(=O)/C1=C/c1cc(C)n(-c2cccc(C(=O)O)c2)c1C. The van der Waals surface area contributed by atoms with Crippen LogP contribution in [0.4, 0.5) is 27.6 Å². The summed E-state index contributed by atoms with van der Waals surface area (Å²) in [5, 5.41) is 13.1. The van der Waals surface area contributed by atoms with Crippen LogP contribution in [0.3, 0.4) is 0 Å². The van der Waals surface area contributed by atoms with Crippen LogP contribution in [0.2, 0.25) is 0 Å². The average molecular weight is 489 g/mol. The molecule has 0 bridgehead atoms. The zero-order valence-corrected chi connectivity index (χ0v) is 18.5. The Morgan fingerprint density at radius 2 is 1.54 bits per heavy atom. The van der Waals surface area contributed by atoms with E-state index in [-0.39, 0.29) is 21.9 Å². The van der Waals surface area contributed by atoms with Crippen molar-refractivity contribution in [2.45, 2.75) is 20.8 Å². The van der Waals surface area contributed by atoms with E-state index in [1.54, 1.807) is 36.6 Å². The van der Waals surface area contributed by atoms with Gasteiger partial charge in [-0.2, -0.15) is 10.1 Å². The summed E-state index contributed by atoms with van der Waals surface area (Å²) in [4.78, 5) is 24.2. The van der Waals surface area contributed by atoms with Gasteiger partial charge < -0.3 is 9.67 Å². The lowest BCUT2D eigenvalue weighted by Crippen LogP contribution is -2.25. The normalized spacial score (nSPS) is 14.7. The van der Waals surface area contributed by atoms with Crippen molar-refractivity contribution in [3.8, 4) is 5.69 Å². The smallest absolute Gasteiger partial charge is 0.335 e. The molecule has 0 saturated carbocycles. The highest BCUT2D eigenvalue weighted by molar-refractivity contribution is 6.32. The summed E-state index contributed by atoms with van der Waals surface area (Å²) in [6, 6.07) is 7.87. The molecule has 0 atom stereocenters. The lowest BCUT2D eigenvalue weighted by atomic mass is 10.1. The molecule has 0 aliphatic carbocycles. The molecule has 4 rings (SSSR count). The number of hydrazone groups is 1. The highest BCUT2D eigenvalue weighted by Gasteiger charge is 2.37. The second kappa shape index (κ2) is 8.49. The molecule has 35 heavy (non-hydrogen) atoms. The van der Waals surface area contributed by atoms with E-state index in [9.17, 15) is 36.6 Å². The fourth-order valence-electron chi connectivity index (χ4n) is 3.88. The Labute approximate surface area is 195 Å². The lowest BCUT2D eigenvalue weighted by molar-refractivity contribution is -0.114. The molecule has 0 radical (unpaired) electrons. The number of amides is 1. The quantitative estimate of drug-likeness (QED) is 0.234. The van der Waals surface area contributed by atoms with Gasteiger partial charge in [0.1, 0.15) is 5.69 Å². The van der Waals surface area contributed by atoms with Gasteiger partial charge in [0.25, 0.3) is 5.91 Å². The molecule has 0 unspecified atom stereocenters. The zero-order chi connectivity index (χ0) is 25.8. The average Bonchev–Trinajstić information content (AvgIpc) is 3.26. The first-order chi connectivity index (χ1) is 16.4. The molecule has 1 aliphatic rings. The van der Waals surface area contributed by atoms with E-state index >= 15 is 0 Å². The largest absolute Gasteiger partial charge is 0.478 e. The Morgan fingerprint density at radius 1 is 0.943 bits per heavy atom. The number of rotatable bonds is 4. The number of nitrogens with zero attached hydrogens (tertiary/aromatic N) is 3. The van der Waals surface area contributed by atoms with Crippen LogP contribution in [0.15, 0.2) is 41.0 Å². The van der Waals surface area contributed by atoms with Crippen LogP contribution >= 0.6 is 0 Å². The first-order valence-corrected chi connectivity index (χ1v) is 10.1. The van der Waals surface area contributed by atoms with Crippen LogP contribution < -0.4 is 5.01 Å². The molecular formula is C24H16F5N3O3. The fraction of sp³-hybridized carbons (Fsp3) is 0.125. The Morgan fingerprint density at radius 3 is 2.14 bits per heavy atom. The molecule has 1 aromatic heterocycles. The minimum absolute atomic E-state index is 0.00313. The first kappa shape index (κ1) is 23.9. The predicted molar refractivity (Wildman–Crippen MR) is 117 cm³/mol. The Balaban J connectivity index is 1.78. The number of carboxylic acids is 1. The molecule has 180 valence electrons. The van der Waals surface area contributed by atoms with Gasteiger partial charge in [0, 0.05) is 17.1 Å². The lowest BCUT2D eigenvalue weighted by Gasteiger charge is -2.15. The number of hydrogen-bond acceptors (Lipinski definition) is 3. The van der Waals surface area contributed by atoms with E-state index in [0.29, 0.717) is 22.6 Å². The molecule has 11 heteroatoms. The number of carboxylic acid groups (broad SMARTS) is 1. The minimum atomic E-state index is -2.34. The van der Waals surface area contributed by atoms with E-state index in [2.05, 4.69) is 5.10 Å². The fourth-order valence-corrected chi connectivity index (χ4v) is 3.88. The number of carbonyl (C=O) groups excluding carboxylic acids is 1. The van der Waals surface area contributed by atoms with Gasteiger partial charge in [0.2, 0.25) is 5.82 Å². The number of anilines is 1. The zero-order valence-electron chi connectivity index (χ0n) is 18.5. The van der Waals surface area contributed by atoms with Crippen molar-refractivity contribution in [1.29, 1.82) is 0 Å². The highest BCUT2D eigenvalue weighted by Crippen LogP contribution is 2.34. The molecule has 6 nitrogen and oxygen atoms in total. The number of halogens is 5. The third-order valence-electron chi connectivity index (χ3n) is 5.58. The van der Waals surface area contributed by atoms with Crippen LogP contribution in [-0.4, -0.2) is 27.3 Å².